The third kappa shape index (κ3) is 3.01. The van der Waals surface area contributed by atoms with Gasteiger partial charge in [-0.1, -0.05) is 5.10 Å². The SMILES string of the molecule is COc1cc(OC)cc(-c2nnc(NC(C)=O)o2)c1. The molecule has 19 heavy (non-hydrogen) atoms. The fourth-order valence-electron chi connectivity index (χ4n) is 1.47. The highest BCUT2D eigenvalue weighted by molar-refractivity contribution is 5.86. The van der Waals surface area contributed by atoms with Crippen LogP contribution in [0.25, 0.3) is 11.5 Å². The molecular weight excluding hydrogens is 250 g/mol. The van der Waals surface area contributed by atoms with Gasteiger partial charge in [0.2, 0.25) is 11.8 Å². The van der Waals surface area contributed by atoms with E-state index < -0.39 is 0 Å². The summed E-state index contributed by atoms with van der Waals surface area (Å²) < 4.78 is 15.6. The largest absolute Gasteiger partial charge is 0.497 e. The predicted octanol–water partition coefficient (Wildman–Crippen LogP) is 1.71. The fourth-order valence-corrected chi connectivity index (χ4v) is 1.47. The minimum absolute atomic E-state index is 0.0456. The molecule has 2 aromatic rings. The molecule has 100 valence electrons. The Kier molecular flexibility index (Phi) is 3.65. The van der Waals surface area contributed by atoms with E-state index in [1.165, 1.54) is 6.92 Å². The van der Waals surface area contributed by atoms with Gasteiger partial charge in [0.25, 0.3) is 0 Å². The van der Waals surface area contributed by atoms with Crippen molar-refractivity contribution in [2.45, 2.75) is 6.92 Å². The molecule has 0 aliphatic rings. The topological polar surface area (TPSA) is 86.5 Å². The molecule has 1 N–H and O–H groups in total. The number of carbonyl (C=O) groups excluding carboxylic acids is 1. The molecular formula is C12H13N3O4. The van der Waals surface area contributed by atoms with E-state index in [9.17, 15) is 4.79 Å². The lowest BCUT2D eigenvalue weighted by Crippen LogP contribution is -2.05. The Morgan fingerprint density at radius 3 is 2.32 bits per heavy atom. The Balaban J connectivity index is 2.35. The lowest BCUT2D eigenvalue weighted by molar-refractivity contribution is -0.114. The number of hydrogen-bond acceptors (Lipinski definition) is 6. The van der Waals surface area contributed by atoms with Gasteiger partial charge in [-0.3, -0.25) is 10.1 Å². The maximum Gasteiger partial charge on any atom is 0.322 e. The number of nitrogens with zero attached hydrogens (tertiary/aromatic N) is 2. The minimum atomic E-state index is -0.279. The first kappa shape index (κ1) is 12.9. The van der Waals surface area contributed by atoms with Gasteiger partial charge in [0.05, 0.1) is 14.2 Å². The van der Waals surface area contributed by atoms with Crippen LogP contribution in [0.5, 0.6) is 11.5 Å². The van der Waals surface area contributed by atoms with E-state index in [1.807, 2.05) is 0 Å². The van der Waals surface area contributed by atoms with Gasteiger partial charge in [0, 0.05) is 18.6 Å². The molecule has 0 bridgehead atoms. The molecule has 1 aromatic heterocycles. The van der Waals surface area contributed by atoms with Crippen molar-refractivity contribution in [3.63, 3.8) is 0 Å². The second-order valence-electron chi connectivity index (χ2n) is 3.69. The molecule has 0 saturated heterocycles. The zero-order chi connectivity index (χ0) is 13.8. The van der Waals surface area contributed by atoms with E-state index >= 15 is 0 Å². The highest BCUT2D eigenvalue weighted by atomic mass is 16.5. The molecule has 1 amide bonds. The van der Waals surface area contributed by atoms with E-state index in [1.54, 1.807) is 32.4 Å². The van der Waals surface area contributed by atoms with Crippen molar-refractivity contribution in [2.24, 2.45) is 0 Å². The van der Waals surface area contributed by atoms with E-state index in [4.69, 9.17) is 13.9 Å². The first-order chi connectivity index (χ1) is 9.12. The quantitative estimate of drug-likeness (QED) is 0.903. The monoisotopic (exact) mass is 263 g/mol. The molecule has 7 heteroatoms. The number of nitrogens with one attached hydrogen (secondary N) is 1. The Hall–Kier alpha value is -2.57. The van der Waals surface area contributed by atoms with Gasteiger partial charge < -0.3 is 13.9 Å². The van der Waals surface area contributed by atoms with Gasteiger partial charge in [0.15, 0.2) is 0 Å². The Morgan fingerprint density at radius 2 is 1.79 bits per heavy atom. The molecule has 0 radical (unpaired) electrons. The van der Waals surface area contributed by atoms with Crippen molar-refractivity contribution in [1.29, 1.82) is 0 Å². The normalized spacial score (nSPS) is 10.1. The van der Waals surface area contributed by atoms with Crippen LogP contribution in [0.1, 0.15) is 6.92 Å². The standard InChI is InChI=1S/C12H13N3O4/c1-7(16)13-12-15-14-11(19-12)8-4-9(17-2)6-10(5-8)18-3/h4-6H,1-3H3,(H,13,15,16). The summed E-state index contributed by atoms with van der Waals surface area (Å²) in [6, 6.07) is 5.24. The molecule has 7 nitrogen and oxygen atoms in total. The molecule has 2 rings (SSSR count). The van der Waals surface area contributed by atoms with Gasteiger partial charge >= 0.3 is 6.01 Å². The van der Waals surface area contributed by atoms with Crippen LogP contribution in [0.4, 0.5) is 6.01 Å². The zero-order valence-electron chi connectivity index (χ0n) is 10.8. The molecule has 0 unspecified atom stereocenters. The molecule has 0 aliphatic carbocycles. The maximum absolute atomic E-state index is 10.9. The Bertz CT molecular complexity index is 572. The molecule has 0 spiro atoms. The third-order valence-corrected chi connectivity index (χ3v) is 2.31. The van der Waals surface area contributed by atoms with E-state index in [-0.39, 0.29) is 17.8 Å². The highest BCUT2D eigenvalue weighted by Gasteiger charge is 2.12. The second-order valence-corrected chi connectivity index (χ2v) is 3.69. The van der Waals surface area contributed by atoms with Crippen molar-refractivity contribution in [3.05, 3.63) is 18.2 Å². The number of ether oxygens (including phenoxy) is 2. The van der Waals surface area contributed by atoms with Crippen LogP contribution in [0, 0.1) is 0 Å². The lowest BCUT2D eigenvalue weighted by atomic mass is 10.2. The van der Waals surface area contributed by atoms with Gasteiger partial charge in [0.1, 0.15) is 11.5 Å². The molecule has 0 fully saturated rings. The van der Waals surface area contributed by atoms with Crippen molar-refractivity contribution >= 4 is 11.9 Å². The van der Waals surface area contributed by atoms with Crippen LogP contribution < -0.4 is 14.8 Å². The van der Waals surface area contributed by atoms with Crippen LogP contribution >= 0.6 is 0 Å². The third-order valence-electron chi connectivity index (χ3n) is 2.31. The summed E-state index contributed by atoms with van der Waals surface area (Å²) in [5.41, 5.74) is 0.639. The molecule has 1 heterocycles. The number of carbonyl (C=O) groups is 1. The predicted molar refractivity (Wildman–Crippen MR) is 67.1 cm³/mol. The van der Waals surface area contributed by atoms with Gasteiger partial charge in [-0.15, -0.1) is 5.10 Å². The summed E-state index contributed by atoms with van der Waals surface area (Å²) >= 11 is 0. The van der Waals surface area contributed by atoms with Gasteiger partial charge in [-0.05, 0) is 12.1 Å². The molecule has 0 atom stereocenters. The van der Waals surface area contributed by atoms with Crippen molar-refractivity contribution in [3.8, 4) is 23.0 Å². The van der Waals surface area contributed by atoms with Crippen molar-refractivity contribution in [2.75, 3.05) is 19.5 Å². The average molecular weight is 263 g/mol. The maximum atomic E-state index is 10.9. The van der Waals surface area contributed by atoms with Crippen molar-refractivity contribution < 1.29 is 18.7 Å². The molecule has 0 saturated carbocycles. The second kappa shape index (κ2) is 5.38. The lowest BCUT2D eigenvalue weighted by Gasteiger charge is -2.05. The summed E-state index contributed by atoms with van der Waals surface area (Å²) in [7, 11) is 3.10. The van der Waals surface area contributed by atoms with Gasteiger partial charge in [-0.2, -0.15) is 0 Å². The van der Waals surface area contributed by atoms with Crippen LogP contribution in [0.15, 0.2) is 22.6 Å². The average Bonchev–Trinajstić information content (AvgIpc) is 2.85. The first-order valence-corrected chi connectivity index (χ1v) is 5.47. The summed E-state index contributed by atoms with van der Waals surface area (Å²) in [6.07, 6.45) is 0. The Labute approximate surface area is 109 Å². The Morgan fingerprint density at radius 1 is 1.16 bits per heavy atom. The van der Waals surface area contributed by atoms with Crippen LogP contribution in [0.3, 0.4) is 0 Å². The van der Waals surface area contributed by atoms with Crippen LogP contribution in [-0.4, -0.2) is 30.3 Å². The molecule has 1 aromatic carbocycles. The minimum Gasteiger partial charge on any atom is -0.497 e. The van der Waals surface area contributed by atoms with Crippen LogP contribution in [0.2, 0.25) is 0 Å². The number of aromatic nitrogens is 2. The van der Waals surface area contributed by atoms with E-state index in [2.05, 4.69) is 15.5 Å². The summed E-state index contributed by atoms with van der Waals surface area (Å²) in [4.78, 5) is 10.9. The first-order valence-electron chi connectivity index (χ1n) is 5.47. The number of amides is 1. The van der Waals surface area contributed by atoms with Gasteiger partial charge in [-0.25, -0.2) is 0 Å². The summed E-state index contributed by atoms with van der Waals surface area (Å²) in [5.74, 6) is 1.20. The zero-order valence-corrected chi connectivity index (χ0v) is 10.8. The van der Waals surface area contributed by atoms with Crippen LogP contribution in [-0.2, 0) is 4.79 Å². The van der Waals surface area contributed by atoms with Crippen molar-refractivity contribution in [1.82, 2.24) is 10.2 Å². The summed E-state index contributed by atoms with van der Waals surface area (Å²) in [5, 5.41) is 9.97. The van der Waals surface area contributed by atoms with E-state index in [0.717, 1.165) is 0 Å². The summed E-state index contributed by atoms with van der Waals surface area (Å²) in [6.45, 7) is 1.36. The smallest absolute Gasteiger partial charge is 0.322 e. The highest BCUT2D eigenvalue weighted by Crippen LogP contribution is 2.29. The number of benzene rings is 1. The number of rotatable bonds is 4. The fraction of sp³-hybridized carbons (Fsp3) is 0.250. The number of anilines is 1. The molecule has 0 aliphatic heterocycles. The number of hydrogen-bond donors (Lipinski definition) is 1. The van der Waals surface area contributed by atoms with E-state index in [0.29, 0.717) is 17.1 Å². The number of methoxy groups -OCH3 is 2.